The Hall–Kier alpha value is -1.85. The van der Waals surface area contributed by atoms with Gasteiger partial charge < -0.3 is 9.80 Å². The van der Waals surface area contributed by atoms with Crippen molar-refractivity contribution >= 4 is 11.8 Å². The van der Waals surface area contributed by atoms with Crippen molar-refractivity contribution in [2.24, 2.45) is 0 Å². The van der Waals surface area contributed by atoms with Crippen molar-refractivity contribution in [2.75, 3.05) is 26.7 Å². The van der Waals surface area contributed by atoms with Crippen molar-refractivity contribution in [3.05, 3.63) is 17.0 Å². The largest absolute Gasteiger partial charge is 0.342 e. The van der Waals surface area contributed by atoms with Crippen molar-refractivity contribution in [1.29, 1.82) is 0 Å². The van der Waals surface area contributed by atoms with E-state index in [1.807, 2.05) is 13.8 Å². The van der Waals surface area contributed by atoms with Gasteiger partial charge in [0.25, 0.3) is 0 Å². The van der Waals surface area contributed by atoms with Gasteiger partial charge in [-0.25, -0.2) is 0 Å². The second kappa shape index (κ2) is 4.80. The molecule has 1 fully saturated rings. The minimum atomic E-state index is -0.0101. The number of aryl methyl sites for hydroxylation is 2. The van der Waals surface area contributed by atoms with Gasteiger partial charge in [-0.1, -0.05) is 0 Å². The van der Waals surface area contributed by atoms with Crippen molar-refractivity contribution in [3.8, 4) is 0 Å². The Balaban J connectivity index is 2.03. The van der Waals surface area contributed by atoms with E-state index in [0.29, 0.717) is 19.5 Å². The first kappa shape index (κ1) is 12.6. The van der Waals surface area contributed by atoms with E-state index in [1.54, 1.807) is 16.8 Å². The zero-order valence-electron chi connectivity index (χ0n) is 11.0. The van der Waals surface area contributed by atoms with E-state index in [0.717, 1.165) is 17.0 Å². The van der Waals surface area contributed by atoms with E-state index in [-0.39, 0.29) is 18.4 Å². The fraction of sp³-hybridized carbons (Fsp3) is 0.583. The maximum Gasteiger partial charge on any atom is 0.241 e. The van der Waals surface area contributed by atoms with Crippen LogP contribution < -0.4 is 0 Å². The summed E-state index contributed by atoms with van der Waals surface area (Å²) in [5.74, 6) is -0.0145. The van der Waals surface area contributed by atoms with Crippen molar-refractivity contribution in [1.82, 2.24) is 20.0 Å². The van der Waals surface area contributed by atoms with Crippen LogP contribution in [0.2, 0.25) is 0 Å². The highest BCUT2D eigenvalue weighted by atomic mass is 16.2. The third kappa shape index (κ3) is 2.37. The van der Waals surface area contributed by atoms with Crippen molar-refractivity contribution in [2.45, 2.75) is 20.3 Å². The van der Waals surface area contributed by atoms with E-state index in [2.05, 4.69) is 10.2 Å². The number of hydrogen-bond acceptors (Lipinski definition) is 3. The summed E-state index contributed by atoms with van der Waals surface area (Å²) in [7, 11) is 1.76. The van der Waals surface area contributed by atoms with Crippen molar-refractivity contribution < 1.29 is 9.59 Å². The third-order valence-electron chi connectivity index (χ3n) is 3.42. The third-order valence-corrected chi connectivity index (χ3v) is 3.42. The Labute approximate surface area is 106 Å². The molecule has 0 aromatic carbocycles. The fourth-order valence-corrected chi connectivity index (χ4v) is 2.07. The molecule has 0 aliphatic carbocycles. The molecular weight excluding hydrogens is 232 g/mol. The van der Waals surface area contributed by atoms with Crippen LogP contribution in [0.1, 0.15) is 17.0 Å². The molecule has 0 saturated carbocycles. The summed E-state index contributed by atoms with van der Waals surface area (Å²) < 4.78 is 0. The van der Waals surface area contributed by atoms with E-state index in [4.69, 9.17) is 0 Å². The monoisotopic (exact) mass is 250 g/mol. The smallest absolute Gasteiger partial charge is 0.241 e. The molecular formula is C12H18N4O2. The number of amides is 2. The van der Waals surface area contributed by atoms with Gasteiger partial charge in [-0.2, -0.15) is 5.10 Å². The summed E-state index contributed by atoms with van der Waals surface area (Å²) in [5.41, 5.74) is 2.70. The predicted molar refractivity (Wildman–Crippen MR) is 66.0 cm³/mol. The van der Waals surface area contributed by atoms with E-state index >= 15 is 0 Å². The number of aromatic nitrogens is 2. The first-order chi connectivity index (χ1) is 8.49. The average Bonchev–Trinajstić information content (AvgIpc) is 2.64. The fourth-order valence-electron chi connectivity index (χ4n) is 2.07. The Bertz CT molecular complexity index is 461. The van der Waals surface area contributed by atoms with Gasteiger partial charge in [0.15, 0.2) is 0 Å². The maximum atomic E-state index is 12.1. The molecule has 1 N–H and O–H groups in total. The lowest BCUT2D eigenvalue weighted by molar-refractivity contribution is -0.143. The number of aromatic amines is 1. The van der Waals surface area contributed by atoms with Crippen LogP contribution in [0, 0.1) is 13.8 Å². The van der Waals surface area contributed by atoms with Crippen LogP contribution in [-0.2, 0) is 16.0 Å². The van der Waals surface area contributed by atoms with Gasteiger partial charge in [-0.05, 0) is 13.8 Å². The summed E-state index contributed by atoms with van der Waals surface area (Å²) in [6, 6.07) is 0. The van der Waals surface area contributed by atoms with Crippen LogP contribution in [0.4, 0.5) is 0 Å². The number of carbonyl (C=O) groups is 2. The summed E-state index contributed by atoms with van der Waals surface area (Å²) in [6.45, 7) is 5.18. The number of nitrogens with zero attached hydrogens (tertiary/aromatic N) is 3. The molecule has 1 aromatic rings. The van der Waals surface area contributed by atoms with Gasteiger partial charge in [-0.15, -0.1) is 0 Å². The molecule has 0 radical (unpaired) electrons. The molecule has 0 atom stereocenters. The highest BCUT2D eigenvalue weighted by Gasteiger charge is 2.25. The van der Waals surface area contributed by atoms with E-state index in [9.17, 15) is 9.59 Å². The lowest BCUT2D eigenvalue weighted by atomic mass is 10.1. The zero-order chi connectivity index (χ0) is 13.3. The van der Waals surface area contributed by atoms with Gasteiger partial charge in [0.2, 0.25) is 11.8 Å². The Morgan fingerprint density at radius 1 is 1.39 bits per heavy atom. The van der Waals surface area contributed by atoms with Crippen LogP contribution in [0.3, 0.4) is 0 Å². The number of nitrogens with one attached hydrogen (secondary N) is 1. The first-order valence-corrected chi connectivity index (χ1v) is 6.01. The van der Waals surface area contributed by atoms with Gasteiger partial charge in [0.1, 0.15) is 0 Å². The SMILES string of the molecule is Cc1n[nH]c(C)c1CC(=O)N1CCN(C)C(=O)C1. The lowest BCUT2D eigenvalue weighted by Crippen LogP contribution is -2.51. The molecule has 6 nitrogen and oxygen atoms in total. The standard InChI is InChI=1S/C12H18N4O2/c1-8-10(9(2)14-13-8)6-11(17)16-5-4-15(3)12(18)7-16/h4-7H2,1-3H3,(H,13,14). The quantitative estimate of drug-likeness (QED) is 0.795. The summed E-state index contributed by atoms with van der Waals surface area (Å²) in [4.78, 5) is 27.0. The van der Waals surface area contributed by atoms with E-state index in [1.165, 1.54) is 0 Å². The Kier molecular flexibility index (Phi) is 3.36. The molecule has 1 aromatic heterocycles. The summed E-state index contributed by atoms with van der Waals surface area (Å²) in [5, 5.41) is 6.94. The van der Waals surface area contributed by atoms with Gasteiger partial charge in [0.05, 0.1) is 18.7 Å². The molecule has 1 aliphatic heterocycles. The maximum absolute atomic E-state index is 12.1. The summed E-state index contributed by atoms with van der Waals surface area (Å²) in [6.07, 6.45) is 0.311. The predicted octanol–water partition coefficient (Wildman–Crippen LogP) is -0.130. The molecule has 0 bridgehead atoms. The minimum absolute atomic E-state index is 0.00441. The number of piperazine rings is 1. The van der Waals surface area contributed by atoms with Crippen LogP contribution in [0.25, 0.3) is 0 Å². The first-order valence-electron chi connectivity index (χ1n) is 6.01. The minimum Gasteiger partial charge on any atom is -0.342 e. The molecule has 1 saturated heterocycles. The second-order valence-corrected chi connectivity index (χ2v) is 4.72. The van der Waals surface area contributed by atoms with Crippen LogP contribution in [0.15, 0.2) is 0 Å². The number of carbonyl (C=O) groups excluding carboxylic acids is 2. The number of likely N-dealkylation sites (N-methyl/N-ethyl adjacent to an activating group) is 1. The summed E-state index contributed by atoms with van der Waals surface area (Å²) >= 11 is 0. The van der Waals surface area contributed by atoms with Gasteiger partial charge in [0, 0.05) is 31.4 Å². The second-order valence-electron chi connectivity index (χ2n) is 4.72. The molecule has 1 aliphatic rings. The molecule has 6 heteroatoms. The van der Waals surface area contributed by atoms with Gasteiger partial charge >= 0.3 is 0 Å². The lowest BCUT2D eigenvalue weighted by Gasteiger charge is -2.32. The zero-order valence-corrected chi connectivity index (χ0v) is 11.0. The van der Waals surface area contributed by atoms with Crippen molar-refractivity contribution in [3.63, 3.8) is 0 Å². The van der Waals surface area contributed by atoms with Crippen LogP contribution >= 0.6 is 0 Å². The van der Waals surface area contributed by atoms with Crippen LogP contribution in [-0.4, -0.2) is 58.5 Å². The highest BCUT2D eigenvalue weighted by Crippen LogP contribution is 2.12. The normalized spacial score (nSPS) is 16.3. The Morgan fingerprint density at radius 2 is 2.11 bits per heavy atom. The number of rotatable bonds is 2. The molecule has 2 amide bonds. The Morgan fingerprint density at radius 3 is 2.67 bits per heavy atom. The highest BCUT2D eigenvalue weighted by molar-refractivity contribution is 5.87. The molecule has 98 valence electrons. The topological polar surface area (TPSA) is 69.3 Å². The molecule has 2 rings (SSSR count). The van der Waals surface area contributed by atoms with Gasteiger partial charge in [-0.3, -0.25) is 14.7 Å². The number of hydrogen-bond donors (Lipinski definition) is 1. The molecule has 18 heavy (non-hydrogen) atoms. The molecule has 0 spiro atoms. The molecule has 0 unspecified atom stereocenters. The average molecular weight is 250 g/mol. The van der Waals surface area contributed by atoms with E-state index < -0.39 is 0 Å². The number of H-pyrrole nitrogens is 1. The molecule has 2 heterocycles. The van der Waals surface area contributed by atoms with Crippen LogP contribution in [0.5, 0.6) is 0 Å².